The van der Waals surface area contributed by atoms with Gasteiger partial charge in [-0.3, -0.25) is 4.79 Å². The average Bonchev–Trinajstić information content (AvgIpc) is 2.71. The number of nitrogens with one attached hydrogen (secondary N) is 1. The molecule has 0 radical (unpaired) electrons. The third-order valence-electron chi connectivity index (χ3n) is 4.90. The number of hydrogen-bond donors (Lipinski definition) is 2. The minimum atomic E-state index is -1.35. The Balaban J connectivity index is 1.90. The summed E-state index contributed by atoms with van der Waals surface area (Å²) in [6, 6.07) is 21.8. The summed E-state index contributed by atoms with van der Waals surface area (Å²) in [4.78, 5) is 24.3. The molecule has 2 N–H and O–H groups in total. The van der Waals surface area contributed by atoms with Crippen molar-refractivity contribution in [2.45, 2.75) is 32.2 Å². The number of rotatable bonds is 7. The number of fused-ring (bicyclic) bond motifs is 1. The van der Waals surface area contributed by atoms with Crippen LogP contribution in [0, 0.1) is 0 Å². The summed E-state index contributed by atoms with van der Waals surface area (Å²) in [6.07, 6.45) is 5.78. The SMILES string of the molecule is CC(C)(NC(=O)c1ccc2ccccc2c1C=CCCc1ccccc1)C(=O)O. The van der Waals surface area contributed by atoms with Crippen LogP contribution in [-0.2, 0) is 11.2 Å². The van der Waals surface area contributed by atoms with Crippen LogP contribution in [0.3, 0.4) is 0 Å². The molecule has 1 amide bonds. The predicted octanol–water partition coefficient (Wildman–Crippen LogP) is 5.08. The number of carboxylic acids is 1. The maximum Gasteiger partial charge on any atom is 0.328 e. The topological polar surface area (TPSA) is 66.4 Å². The largest absolute Gasteiger partial charge is 0.480 e. The van der Waals surface area contributed by atoms with Crippen molar-refractivity contribution in [2.75, 3.05) is 0 Å². The molecular weight excluding hydrogens is 362 g/mol. The van der Waals surface area contributed by atoms with Crippen molar-refractivity contribution in [1.82, 2.24) is 5.32 Å². The van der Waals surface area contributed by atoms with E-state index < -0.39 is 17.4 Å². The number of hydrogen-bond acceptors (Lipinski definition) is 2. The van der Waals surface area contributed by atoms with Crippen molar-refractivity contribution >= 4 is 28.7 Å². The molecule has 0 saturated heterocycles. The molecule has 3 aromatic carbocycles. The van der Waals surface area contributed by atoms with Gasteiger partial charge >= 0.3 is 5.97 Å². The van der Waals surface area contributed by atoms with E-state index in [-0.39, 0.29) is 0 Å². The molecule has 0 aliphatic rings. The summed E-state index contributed by atoms with van der Waals surface area (Å²) in [5.41, 5.74) is 1.18. The summed E-state index contributed by atoms with van der Waals surface area (Å²) >= 11 is 0. The van der Waals surface area contributed by atoms with Crippen LogP contribution >= 0.6 is 0 Å². The van der Waals surface area contributed by atoms with Gasteiger partial charge < -0.3 is 10.4 Å². The highest BCUT2D eigenvalue weighted by molar-refractivity contribution is 6.06. The number of carboxylic acid groups (broad SMARTS) is 1. The molecule has 3 aromatic rings. The van der Waals surface area contributed by atoms with Crippen molar-refractivity contribution in [1.29, 1.82) is 0 Å². The van der Waals surface area contributed by atoms with E-state index >= 15 is 0 Å². The van der Waals surface area contributed by atoms with Gasteiger partial charge in [-0.05, 0) is 54.7 Å². The van der Waals surface area contributed by atoms with Crippen molar-refractivity contribution in [3.05, 3.63) is 89.5 Å². The molecule has 0 atom stereocenters. The highest BCUT2D eigenvalue weighted by Crippen LogP contribution is 2.25. The van der Waals surface area contributed by atoms with Gasteiger partial charge in [-0.25, -0.2) is 4.79 Å². The van der Waals surface area contributed by atoms with E-state index in [1.165, 1.54) is 19.4 Å². The van der Waals surface area contributed by atoms with E-state index in [9.17, 15) is 14.7 Å². The van der Waals surface area contributed by atoms with Crippen LogP contribution in [-0.4, -0.2) is 22.5 Å². The first-order valence-electron chi connectivity index (χ1n) is 9.66. The monoisotopic (exact) mass is 387 g/mol. The first-order valence-corrected chi connectivity index (χ1v) is 9.66. The zero-order chi connectivity index (χ0) is 20.9. The van der Waals surface area contributed by atoms with Crippen LogP contribution < -0.4 is 5.32 Å². The summed E-state index contributed by atoms with van der Waals surface area (Å²) in [5, 5.41) is 13.9. The van der Waals surface area contributed by atoms with E-state index in [1.807, 2.05) is 54.6 Å². The maximum atomic E-state index is 12.9. The molecule has 4 nitrogen and oxygen atoms in total. The van der Waals surface area contributed by atoms with Gasteiger partial charge in [0.2, 0.25) is 0 Å². The lowest BCUT2D eigenvalue weighted by atomic mass is 9.96. The van der Waals surface area contributed by atoms with Gasteiger partial charge in [0.15, 0.2) is 0 Å². The maximum absolute atomic E-state index is 12.9. The third kappa shape index (κ3) is 4.91. The van der Waals surface area contributed by atoms with E-state index in [1.54, 1.807) is 6.07 Å². The smallest absolute Gasteiger partial charge is 0.328 e. The fourth-order valence-corrected chi connectivity index (χ4v) is 3.17. The molecule has 0 aliphatic carbocycles. The molecule has 148 valence electrons. The second-order valence-corrected chi connectivity index (χ2v) is 7.56. The number of benzene rings is 3. The molecule has 3 rings (SSSR count). The quantitative estimate of drug-likeness (QED) is 0.594. The summed E-state index contributed by atoms with van der Waals surface area (Å²) < 4.78 is 0. The van der Waals surface area contributed by atoms with Crippen molar-refractivity contribution in [3.63, 3.8) is 0 Å². The van der Waals surface area contributed by atoms with Gasteiger partial charge in [-0.15, -0.1) is 0 Å². The predicted molar refractivity (Wildman–Crippen MR) is 117 cm³/mol. The number of allylic oxidation sites excluding steroid dienone is 1. The zero-order valence-electron chi connectivity index (χ0n) is 16.7. The minimum Gasteiger partial charge on any atom is -0.480 e. The number of aliphatic carboxylic acids is 1. The first kappa shape index (κ1) is 20.3. The highest BCUT2D eigenvalue weighted by Gasteiger charge is 2.30. The minimum absolute atomic E-state index is 0.397. The second-order valence-electron chi connectivity index (χ2n) is 7.56. The van der Waals surface area contributed by atoms with Crippen molar-refractivity contribution in [2.24, 2.45) is 0 Å². The Bertz CT molecular complexity index is 1050. The molecule has 0 saturated carbocycles. The number of aryl methyl sites for hydroxylation is 1. The fourth-order valence-electron chi connectivity index (χ4n) is 3.17. The van der Waals surface area contributed by atoms with Gasteiger partial charge in [-0.2, -0.15) is 0 Å². The van der Waals surface area contributed by atoms with Crippen molar-refractivity contribution in [3.8, 4) is 0 Å². The molecule has 0 aromatic heterocycles. The summed E-state index contributed by atoms with van der Waals surface area (Å²) in [7, 11) is 0. The Kier molecular flexibility index (Phi) is 6.13. The van der Waals surface area contributed by atoms with Gasteiger partial charge in [0, 0.05) is 5.56 Å². The van der Waals surface area contributed by atoms with Gasteiger partial charge in [0.05, 0.1) is 0 Å². The molecule has 4 heteroatoms. The second kappa shape index (κ2) is 8.74. The lowest BCUT2D eigenvalue weighted by Crippen LogP contribution is -2.49. The first-order chi connectivity index (χ1) is 13.9. The Morgan fingerprint density at radius 3 is 2.38 bits per heavy atom. The normalized spacial score (nSPS) is 11.7. The van der Waals surface area contributed by atoms with Gasteiger partial charge in [0.1, 0.15) is 5.54 Å². The average molecular weight is 387 g/mol. The fraction of sp³-hybridized carbons (Fsp3) is 0.200. The molecule has 0 unspecified atom stereocenters. The number of carbonyl (C=O) groups excluding carboxylic acids is 1. The van der Waals surface area contributed by atoms with E-state index in [2.05, 4.69) is 23.5 Å². The van der Waals surface area contributed by atoms with Crippen LogP contribution in [0.4, 0.5) is 0 Å². The Labute approximate surface area is 170 Å². The van der Waals surface area contributed by atoms with Crippen molar-refractivity contribution < 1.29 is 14.7 Å². The molecule has 0 bridgehead atoms. The number of carbonyl (C=O) groups is 2. The van der Waals surface area contributed by atoms with Crippen LogP contribution in [0.5, 0.6) is 0 Å². The Morgan fingerprint density at radius 2 is 1.66 bits per heavy atom. The van der Waals surface area contributed by atoms with Crippen LogP contribution in [0.1, 0.15) is 41.8 Å². The van der Waals surface area contributed by atoms with Crippen LogP contribution in [0.2, 0.25) is 0 Å². The molecule has 0 aliphatic heterocycles. The standard InChI is InChI=1S/C25H25NO3/c1-25(2,24(28)29)26-23(27)22-17-16-19-13-7-9-14-20(19)21(22)15-8-6-12-18-10-4-3-5-11-18/h3-5,7-11,13-17H,6,12H2,1-2H3,(H,26,27)(H,28,29). The number of amides is 1. The van der Waals surface area contributed by atoms with Crippen LogP contribution in [0.25, 0.3) is 16.8 Å². The van der Waals surface area contributed by atoms with E-state index in [0.717, 1.165) is 29.2 Å². The Morgan fingerprint density at radius 1 is 0.966 bits per heavy atom. The Hall–Kier alpha value is -3.40. The highest BCUT2D eigenvalue weighted by atomic mass is 16.4. The van der Waals surface area contributed by atoms with Gasteiger partial charge in [-0.1, -0.05) is 72.8 Å². The molecule has 29 heavy (non-hydrogen) atoms. The zero-order valence-corrected chi connectivity index (χ0v) is 16.7. The molecule has 0 fully saturated rings. The summed E-state index contributed by atoms with van der Waals surface area (Å²) in [6.45, 7) is 2.95. The van der Waals surface area contributed by atoms with Crippen LogP contribution in [0.15, 0.2) is 72.8 Å². The molecular formula is C25H25NO3. The molecule has 0 heterocycles. The third-order valence-corrected chi connectivity index (χ3v) is 4.90. The lowest BCUT2D eigenvalue weighted by molar-refractivity contribution is -0.143. The lowest BCUT2D eigenvalue weighted by Gasteiger charge is -2.22. The van der Waals surface area contributed by atoms with Gasteiger partial charge in [0.25, 0.3) is 5.91 Å². The van der Waals surface area contributed by atoms with E-state index in [4.69, 9.17) is 0 Å². The summed E-state index contributed by atoms with van der Waals surface area (Å²) in [5.74, 6) is -1.47. The van der Waals surface area contributed by atoms with E-state index in [0.29, 0.717) is 5.56 Å². The molecule has 0 spiro atoms.